The van der Waals surface area contributed by atoms with E-state index in [1.807, 2.05) is 6.07 Å². The maximum atomic E-state index is 11.4. The van der Waals surface area contributed by atoms with Crippen LogP contribution in [0.5, 0.6) is 5.75 Å². The zero-order valence-corrected chi connectivity index (χ0v) is 9.89. The van der Waals surface area contributed by atoms with Crippen molar-refractivity contribution in [2.24, 2.45) is 0 Å². The van der Waals surface area contributed by atoms with E-state index in [1.165, 1.54) is 14.2 Å². The van der Waals surface area contributed by atoms with E-state index >= 15 is 0 Å². The van der Waals surface area contributed by atoms with Gasteiger partial charge in [0, 0.05) is 4.90 Å². The normalized spacial score (nSPS) is 9.80. The number of esters is 1. The van der Waals surface area contributed by atoms with Crippen molar-refractivity contribution in [1.29, 1.82) is 0 Å². The van der Waals surface area contributed by atoms with Crippen LogP contribution in [0, 0.1) is 0 Å². The van der Waals surface area contributed by atoms with Gasteiger partial charge in [0.2, 0.25) is 0 Å². The van der Waals surface area contributed by atoms with Crippen LogP contribution in [0.4, 0.5) is 0 Å². The van der Waals surface area contributed by atoms with Gasteiger partial charge < -0.3 is 9.47 Å². The van der Waals surface area contributed by atoms with Crippen LogP contribution in [0.25, 0.3) is 0 Å². The van der Waals surface area contributed by atoms with Gasteiger partial charge in [0.25, 0.3) is 0 Å². The summed E-state index contributed by atoms with van der Waals surface area (Å²) in [5, 5.41) is 0. The first-order valence-corrected chi connectivity index (χ1v) is 5.60. The molecule has 0 saturated carbocycles. The van der Waals surface area contributed by atoms with Crippen LogP contribution in [-0.2, 0) is 4.74 Å². The van der Waals surface area contributed by atoms with Crippen molar-refractivity contribution in [3.8, 4) is 5.75 Å². The van der Waals surface area contributed by atoms with Crippen molar-refractivity contribution in [3.63, 3.8) is 0 Å². The number of ether oxygens (including phenoxy) is 2. The third-order valence-corrected chi connectivity index (χ3v) is 2.76. The largest absolute Gasteiger partial charge is 0.496 e. The molecule has 0 aliphatic carbocycles. The molecule has 0 unspecified atom stereocenters. The monoisotopic (exact) mass is 226 g/mol. The number of carbonyl (C=O) groups excluding carboxylic acids is 1. The summed E-state index contributed by atoms with van der Waals surface area (Å²) in [5.74, 6) is 1.14. The fraction of sp³-hybridized carbons (Fsp3) is 0.364. The molecule has 0 amide bonds. The van der Waals surface area contributed by atoms with Crippen LogP contribution in [0.2, 0.25) is 0 Å². The lowest BCUT2D eigenvalue weighted by Crippen LogP contribution is -2.04. The van der Waals surface area contributed by atoms with Gasteiger partial charge in [-0.2, -0.15) is 0 Å². The third-order valence-electron chi connectivity index (χ3n) is 1.89. The molecular formula is C11H14O3S. The molecule has 0 fully saturated rings. The number of thioether (sulfide) groups is 1. The zero-order valence-electron chi connectivity index (χ0n) is 9.07. The predicted octanol–water partition coefficient (Wildman–Crippen LogP) is 2.59. The van der Waals surface area contributed by atoms with E-state index in [0.29, 0.717) is 11.3 Å². The van der Waals surface area contributed by atoms with Crippen LogP contribution < -0.4 is 4.74 Å². The highest BCUT2D eigenvalue weighted by molar-refractivity contribution is 7.99. The summed E-state index contributed by atoms with van der Waals surface area (Å²) < 4.78 is 9.78. The number of methoxy groups -OCH3 is 2. The first-order valence-electron chi connectivity index (χ1n) is 4.62. The lowest BCUT2D eigenvalue weighted by Gasteiger charge is -2.08. The highest BCUT2D eigenvalue weighted by Crippen LogP contribution is 2.26. The number of rotatable bonds is 4. The molecule has 15 heavy (non-hydrogen) atoms. The number of benzene rings is 1. The van der Waals surface area contributed by atoms with Crippen molar-refractivity contribution < 1.29 is 14.3 Å². The molecule has 1 rings (SSSR count). The Morgan fingerprint density at radius 1 is 1.40 bits per heavy atom. The van der Waals surface area contributed by atoms with Gasteiger partial charge in [-0.3, -0.25) is 0 Å². The highest BCUT2D eigenvalue weighted by atomic mass is 32.2. The maximum absolute atomic E-state index is 11.4. The van der Waals surface area contributed by atoms with Crippen molar-refractivity contribution in [1.82, 2.24) is 0 Å². The standard InChI is InChI=1S/C11H14O3S/c1-4-15-8-5-6-10(13-2)9(7-8)11(12)14-3/h5-7H,4H2,1-3H3. The molecule has 3 nitrogen and oxygen atoms in total. The first-order chi connectivity index (χ1) is 7.22. The lowest BCUT2D eigenvalue weighted by molar-refractivity contribution is 0.0597. The summed E-state index contributed by atoms with van der Waals surface area (Å²) >= 11 is 1.67. The van der Waals surface area contributed by atoms with Gasteiger partial charge in [-0.25, -0.2) is 4.79 Å². The van der Waals surface area contributed by atoms with Crippen molar-refractivity contribution >= 4 is 17.7 Å². The summed E-state index contributed by atoms with van der Waals surface area (Å²) in [4.78, 5) is 12.5. The molecule has 0 heterocycles. The summed E-state index contributed by atoms with van der Waals surface area (Å²) in [5.41, 5.74) is 0.471. The minimum Gasteiger partial charge on any atom is -0.496 e. The minimum atomic E-state index is -0.370. The highest BCUT2D eigenvalue weighted by Gasteiger charge is 2.13. The maximum Gasteiger partial charge on any atom is 0.341 e. The summed E-state index contributed by atoms with van der Waals surface area (Å²) in [6.07, 6.45) is 0. The minimum absolute atomic E-state index is 0.370. The molecule has 0 aliphatic heterocycles. The Morgan fingerprint density at radius 2 is 2.13 bits per heavy atom. The molecule has 0 aliphatic rings. The lowest BCUT2D eigenvalue weighted by atomic mass is 10.2. The summed E-state index contributed by atoms with van der Waals surface area (Å²) in [7, 11) is 2.90. The fourth-order valence-corrected chi connectivity index (χ4v) is 1.91. The average Bonchev–Trinajstić information content (AvgIpc) is 2.28. The van der Waals surface area contributed by atoms with Gasteiger partial charge >= 0.3 is 5.97 Å². The van der Waals surface area contributed by atoms with E-state index < -0.39 is 0 Å². The Hall–Kier alpha value is -1.16. The molecule has 0 aromatic heterocycles. The SMILES string of the molecule is CCSc1ccc(OC)c(C(=O)OC)c1. The van der Waals surface area contributed by atoms with Crippen LogP contribution in [0.1, 0.15) is 17.3 Å². The molecule has 0 saturated heterocycles. The predicted molar refractivity (Wildman–Crippen MR) is 60.7 cm³/mol. The Kier molecular flexibility index (Phi) is 4.49. The molecule has 1 aromatic rings. The molecule has 82 valence electrons. The second-order valence-electron chi connectivity index (χ2n) is 2.79. The van der Waals surface area contributed by atoms with E-state index in [0.717, 1.165) is 10.6 Å². The van der Waals surface area contributed by atoms with E-state index in [9.17, 15) is 4.79 Å². The topological polar surface area (TPSA) is 35.5 Å². The van der Waals surface area contributed by atoms with Gasteiger partial charge in [-0.05, 0) is 24.0 Å². The average molecular weight is 226 g/mol. The number of hydrogen-bond acceptors (Lipinski definition) is 4. The van der Waals surface area contributed by atoms with E-state index in [2.05, 4.69) is 11.7 Å². The third kappa shape index (κ3) is 2.89. The Balaban J connectivity index is 3.07. The van der Waals surface area contributed by atoms with Crippen molar-refractivity contribution in [3.05, 3.63) is 23.8 Å². The Labute approximate surface area is 93.8 Å². The van der Waals surface area contributed by atoms with E-state index in [-0.39, 0.29) is 5.97 Å². The first kappa shape index (κ1) is 11.9. The fourth-order valence-electron chi connectivity index (χ4n) is 1.21. The van der Waals surface area contributed by atoms with E-state index in [4.69, 9.17) is 4.74 Å². The van der Waals surface area contributed by atoms with E-state index in [1.54, 1.807) is 23.9 Å². The molecule has 0 bridgehead atoms. The molecule has 0 spiro atoms. The van der Waals surface area contributed by atoms with Crippen molar-refractivity contribution in [2.75, 3.05) is 20.0 Å². The van der Waals surface area contributed by atoms with Gasteiger partial charge in [-0.1, -0.05) is 6.92 Å². The molecule has 0 radical (unpaired) electrons. The summed E-state index contributed by atoms with van der Waals surface area (Å²) in [6, 6.07) is 5.50. The molecule has 0 atom stereocenters. The van der Waals surface area contributed by atoms with Crippen molar-refractivity contribution in [2.45, 2.75) is 11.8 Å². The summed E-state index contributed by atoms with van der Waals surface area (Å²) in [6.45, 7) is 2.06. The second kappa shape index (κ2) is 5.66. The molecule has 0 N–H and O–H groups in total. The Bertz CT molecular complexity index is 350. The second-order valence-corrected chi connectivity index (χ2v) is 4.12. The van der Waals surface area contributed by atoms with Crippen LogP contribution in [-0.4, -0.2) is 25.9 Å². The van der Waals surface area contributed by atoms with Crippen LogP contribution in [0.3, 0.4) is 0 Å². The molecule has 1 aromatic carbocycles. The van der Waals surface area contributed by atoms with Gasteiger partial charge in [0.15, 0.2) is 0 Å². The molecule has 4 heteroatoms. The Morgan fingerprint density at radius 3 is 2.67 bits per heavy atom. The van der Waals surface area contributed by atoms with Gasteiger partial charge in [0.1, 0.15) is 11.3 Å². The number of carbonyl (C=O) groups is 1. The zero-order chi connectivity index (χ0) is 11.3. The van der Waals surface area contributed by atoms with Crippen LogP contribution >= 0.6 is 11.8 Å². The smallest absolute Gasteiger partial charge is 0.341 e. The number of hydrogen-bond donors (Lipinski definition) is 0. The molecular weight excluding hydrogens is 212 g/mol. The quantitative estimate of drug-likeness (QED) is 0.584. The van der Waals surface area contributed by atoms with Gasteiger partial charge in [-0.15, -0.1) is 11.8 Å². The van der Waals surface area contributed by atoms with Crippen LogP contribution in [0.15, 0.2) is 23.1 Å². The van der Waals surface area contributed by atoms with Gasteiger partial charge in [0.05, 0.1) is 14.2 Å².